The van der Waals surface area contributed by atoms with Crippen LogP contribution in [0.3, 0.4) is 0 Å². The molecule has 1 aliphatic heterocycles. The molecule has 1 heterocycles. The molecule has 1 saturated heterocycles. The maximum Gasteiger partial charge on any atom is 0.261 e. The number of nitrogens with zero attached hydrogens (tertiary/aromatic N) is 1. The summed E-state index contributed by atoms with van der Waals surface area (Å²) in [6, 6.07) is 12.9. The Morgan fingerprint density at radius 3 is 2.18 bits per heavy atom. The lowest BCUT2D eigenvalue weighted by Gasteiger charge is -2.39. The van der Waals surface area contributed by atoms with Crippen molar-refractivity contribution in [3.05, 3.63) is 54.1 Å². The molecule has 34 heavy (non-hydrogen) atoms. The lowest BCUT2D eigenvalue weighted by molar-refractivity contribution is 0.133. The van der Waals surface area contributed by atoms with Gasteiger partial charge in [0.25, 0.3) is 10.0 Å². The average molecular weight is 505 g/mol. The zero-order valence-corrected chi connectivity index (χ0v) is 22.6. The van der Waals surface area contributed by atoms with Crippen molar-refractivity contribution in [2.24, 2.45) is 10.8 Å². The SMILES string of the molecule is CC1(C)CC2C[C@](C)(CN2S(=O)(=O)c2cccc(NS(=O)(=O)c3ccc(C(C)(C)C)cc3)c2)C1. The third-order valence-corrected chi connectivity index (χ3v) is 10.4. The van der Waals surface area contributed by atoms with Gasteiger partial charge < -0.3 is 0 Å². The maximum atomic E-state index is 13.6. The second-order valence-corrected chi connectivity index (χ2v) is 15.7. The third kappa shape index (κ3) is 4.90. The van der Waals surface area contributed by atoms with E-state index in [0.29, 0.717) is 6.54 Å². The lowest BCUT2D eigenvalue weighted by atomic mass is 9.65. The Morgan fingerprint density at radius 1 is 0.912 bits per heavy atom. The van der Waals surface area contributed by atoms with Crippen molar-refractivity contribution in [2.45, 2.75) is 82.1 Å². The van der Waals surface area contributed by atoms with E-state index in [1.54, 1.807) is 34.6 Å². The molecule has 0 aromatic heterocycles. The molecule has 186 valence electrons. The molecule has 1 unspecified atom stereocenters. The van der Waals surface area contributed by atoms with Crippen molar-refractivity contribution in [2.75, 3.05) is 11.3 Å². The topological polar surface area (TPSA) is 83.6 Å². The van der Waals surface area contributed by atoms with Gasteiger partial charge in [-0.25, -0.2) is 16.8 Å². The zero-order valence-electron chi connectivity index (χ0n) is 20.9. The summed E-state index contributed by atoms with van der Waals surface area (Å²) in [5.41, 5.74) is 1.25. The van der Waals surface area contributed by atoms with Crippen molar-refractivity contribution in [1.82, 2.24) is 4.31 Å². The second-order valence-electron chi connectivity index (χ2n) is 12.2. The van der Waals surface area contributed by atoms with Crippen LogP contribution in [0.15, 0.2) is 58.3 Å². The van der Waals surface area contributed by atoms with E-state index in [1.165, 1.54) is 6.07 Å². The van der Waals surface area contributed by atoms with Gasteiger partial charge in [0.2, 0.25) is 10.0 Å². The first-order valence-corrected chi connectivity index (χ1v) is 14.7. The fourth-order valence-corrected chi connectivity index (χ4v) is 8.76. The highest BCUT2D eigenvalue weighted by molar-refractivity contribution is 7.92. The molecular formula is C26H36N2O4S2. The summed E-state index contributed by atoms with van der Waals surface area (Å²) in [6.45, 7) is 13.3. The molecule has 2 atom stereocenters. The van der Waals surface area contributed by atoms with E-state index in [4.69, 9.17) is 0 Å². The van der Waals surface area contributed by atoms with E-state index < -0.39 is 20.0 Å². The summed E-state index contributed by atoms with van der Waals surface area (Å²) in [7, 11) is -7.60. The number of fused-ring (bicyclic) bond motifs is 2. The standard InChI is InChI=1S/C26H36N2O4S2/c1-24(2,3)19-10-12-22(13-11-19)33(29,30)27-20-8-7-9-23(14-20)34(31,32)28-18-26(6)16-21(28)15-25(4,5)17-26/h7-14,21,27H,15-18H2,1-6H3/t21?,26-/m0/s1. The van der Waals surface area contributed by atoms with E-state index in [9.17, 15) is 16.8 Å². The molecule has 0 spiro atoms. The second kappa shape index (κ2) is 8.07. The number of rotatable bonds is 5. The molecule has 8 heteroatoms. The Morgan fingerprint density at radius 2 is 1.56 bits per heavy atom. The summed E-state index contributed by atoms with van der Waals surface area (Å²) in [6.07, 6.45) is 2.70. The first-order chi connectivity index (χ1) is 15.5. The van der Waals surface area contributed by atoms with E-state index >= 15 is 0 Å². The van der Waals surface area contributed by atoms with Crippen LogP contribution in [-0.2, 0) is 25.5 Å². The molecule has 1 saturated carbocycles. The van der Waals surface area contributed by atoms with Gasteiger partial charge in [-0.15, -0.1) is 0 Å². The van der Waals surface area contributed by atoms with Crippen molar-refractivity contribution in [3.63, 3.8) is 0 Å². The monoisotopic (exact) mass is 504 g/mol. The predicted octanol–water partition coefficient (Wildman–Crippen LogP) is 5.37. The van der Waals surface area contributed by atoms with Gasteiger partial charge in [0.05, 0.1) is 15.5 Å². The molecule has 1 N–H and O–H groups in total. The van der Waals surface area contributed by atoms with Gasteiger partial charge in [-0.05, 0) is 71.4 Å². The summed E-state index contributed by atoms with van der Waals surface area (Å²) >= 11 is 0. The Balaban J connectivity index is 1.59. The molecule has 6 nitrogen and oxygen atoms in total. The summed E-state index contributed by atoms with van der Waals surface area (Å²) in [4.78, 5) is 0.252. The molecule has 2 fully saturated rings. The van der Waals surface area contributed by atoms with Gasteiger partial charge in [0.1, 0.15) is 0 Å². The number of hydrogen-bond donors (Lipinski definition) is 1. The van der Waals surface area contributed by atoms with Crippen LogP contribution in [0, 0.1) is 10.8 Å². The number of nitrogens with one attached hydrogen (secondary N) is 1. The van der Waals surface area contributed by atoms with Crippen LogP contribution in [0.5, 0.6) is 0 Å². The van der Waals surface area contributed by atoms with Gasteiger partial charge in [0.15, 0.2) is 0 Å². The molecule has 4 rings (SSSR count). The van der Waals surface area contributed by atoms with Crippen LogP contribution in [-0.4, -0.2) is 33.7 Å². The normalized spacial score (nSPS) is 25.3. The van der Waals surface area contributed by atoms with Crippen molar-refractivity contribution < 1.29 is 16.8 Å². The van der Waals surface area contributed by atoms with Gasteiger partial charge in [-0.3, -0.25) is 4.72 Å². The molecule has 1 aliphatic carbocycles. The molecule has 0 amide bonds. The van der Waals surface area contributed by atoms with Crippen molar-refractivity contribution in [3.8, 4) is 0 Å². The van der Waals surface area contributed by atoms with Crippen molar-refractivity contribution >= 4 is 25.7 Å². The van der Waals surface area contributed by atoms with Crippen LogP contribution >= 0.6 is 0 Å². The Kier molecular flexibility index (Phi) is 5.98. The number of sulfonamides is 2. The minimum absolute atomic E-state index is 0.0274. The average Bonchev–Trinajstić information content (AvgIpc) is 2.96. The van der Waals surface area contributed by atoms with Crippen LogP contribution in [0.4, 0.5) is 5.69 Å². The van der Waals surface area contributed by atoms with Crippen LogP contribution in [0.1, 0.15) is 66.4 Å². The number of benzene rings is 2. The van der Waals surface area contributed by atoms with Crippen molar-refractivity contribution in [1.29, 1.82) is 0 Å². The lowest BCUT2D eigenvalue weighted by Crippen LogP contribution is -2.37. The molecule has 0 radical (unpaired) electrons. The highest BCUT2D eigenvalue weighted by atomic mass is 32.2. The third-order valence-electron chi connectivity index (χ3n) is 7.09. The highest BCUT2D eigenvalue weighted by Crippen LogP contribution is 2.53. The smallest absolute Gasteiger partial charge is 0.261 e. The molecular weight excluding hydrogens is 468 g/mol. The largest absolute Gasteiger partial charge is 0.280 e. The minimum Gasteiger partial charge on any atom is -0.280 e. The van der Waals surface area contributed by atoms with Gasteiger partial charge in [-0.2, -0.15) is 4.31 Å². The Hall–Kier alpha value is -1.90. The summed E-state index contributed by atoms with van der Waals surface area (Å²) in [5.74, 6) is 0. The minimum atomic E-state index is -3.85. The molecule has 2 bridgehead atoms. The van der Waals surface area contributed by atoms with E-state index in [2.05, 4.69) is 46.3 Å². The Bertz CT molecular complexity index is 1290. The van der Waals surface area contributed by atoms with E-state index in [-0.39, 0.29) is 37.8 Å². The fraction of sp³-hybridized carbons (Fsp3) is 0.538. The first kappa shape index (κ1) is 25.2. The van der Waals surface area contributed by atoms with Crippen LogP contribution in [0.25, 0.3) is 0 Å². The maximum absolute atomic E-state index is 13.6. The van der Waals surface area contributed by atoms with Gasteiger partial charge >= 0.3 is 0 Å². The Labute approximate surface area is 204 Å². The molecule has 2 aliphatic rings. The number of anilines is 1. The zero-order chi connectivity index (χ0) is 25.2. The predicted molar refractivity (Wildman–Crippen MR) is 136 cm³/mol. The van der Waals surface area contributed by atoms with E-state index in [0.717, 1.165) is 24.8 Å². The van der Waals surface area contributed by atoms with E-state index in [1.807, 2.05) is 12.1 Å². The highest BCUT2D eigenvalue weighted by Gasteiger charge is 2.53. The van der Waals surface area contributed by atoms with Gasteiger partial charge in [-0.1, -0.05) is 59.7 Å². The molecule has 2 aromatic rings. The molecule has 2 aromatic carbocycles. The van der Waals surface area contributed by atoms with Crippen LogP contribution < -0.4 is 4.72 Å². The fourth-order valence-electron chi connectivity index (χ4n) is 5.89. The number of hydrogen-bond acceptors (Lipinski definition) is 4. The first-order valence-electron chi connectivity index (χ1n) is 11.8. The summed E-state index contributed by atoms with van der Waals surface area (Å²) in [5, 5.41) is 0. The quantitative estimate of drug-likeness (QED) is 0.593. The van der Waals surface area contributed by atoms with Gasteiger partial charge in [0, 0.05) is 12.6 Å². The summed E-state index contributed by atoms with van der Waals surface area (Å²) < 4.78 is 57.3. The van der Waals surface area contributed by atoms with Crippen LogP contribution in [0.2, 0.25) is 0 Å².